The molecule has 35 heavy (non-hydrogen) atoms. The molecule has 5 rings (SSSR count). The van der Waals surface area contributed by atoms with Gasteiger partial charge in [0.1, 0.15) is 0 Å². The molecular weight excluding hydrogens is 481 g/mol. The SMILES string of the molecule is COc1cc(-c2cccc(Cl)c2)c2cc(C(O)(c3ccc(Cl)c(C)c3)c3cncn3C)ccc2n1. The highest BCUT2D eigenvalue weighted by atomic mass is 35.5. The normalized spacial score (nSPS) is 13.1. The summed E-state index contributed by atoms with van der Waals surface area (Å²) < 4.78 is 7.28. The Hall–Kier alpha value is -3.38. The molecule has 1 unspecified atom stereocenters. The van der Waals surface area contributed by atoms with Gasteiger partial charge in [-0.2, -0.15) is 0 Å². The number of aromatic nitrogens is 3. The summed E-state index contributed by atoms with van der Waals surface area (Å²) in [6.07, 6.45) is 3.35. The minimum atomic E-state index is -1.49. The Labute approximate surface area is 213 Å². The van der Waals surface area contributed by atoms with Gasteiger partial charge in [0.25, 0.3) is 0 Å². The molecule has 0 saturated heterocycles. The molecule has 0 saturated carbocycles. The number of hydrogen-bond acceptors (Lipinski definition) is 4. The lowest BCUT2D eigenvalue weighted by Crippen LogP contribution is -2.31. The molecule has 0 aliphatic rings. The summed E-state index contributed by atoms with van der Waals surface area (Å²) in [4.78, 5) is 8.90. The molecule has 2 heterocycles. The van der Waals surface area contributed by atoms with Crippen molar-refractivity contribution in [3.8, 4) is 17.0 Å². The summed E-state index contributed by atoms with van der Waals surface area (Å²) in [6, 6.07) is 20.8. The Kier molecular flexibility index (Phi) is 6.01. The van der Waals surface area contributed by atoms with Crippen LogP contribution in [0.5, 0.6) is 5.88 Å². The molecule has 0 bridgehead atoms. The van der Waals surface area contributed by atoms with Gasteiger partial charge in [0.2, 0.25) is 5.88 Å². The first-order valence-electron chi connectivity index (χ1n) is 11.0. The van der Waals surface area contributed by atoms with E-state index in [1.807, 2.05) is 79.2 Å². The molecule has 0 amide bonds. The fourth-order valence-corrected chi connectivity index (χ4v) is 4.77. The number of fused-ring (bicyclic) bond motifs is 1. The van der Waals surface area contributed by atoms with Crippen molar-refractivity contribution in [3.05, 3.63) is 112 Å². The van der Waals surface area contributed by atoms with Crippen molar-refractivity contribution in [2.45, 2.75) is 12.5 Å². The maximum Gasteiger partial charge on any atom is 0.214 e. The van der Waals surface area contributed by atoms with Crippen LogP contribution in [0.4, 0.5) is 0 Å². The Bertz CT molecular complexity index is 1560. The Morgan fingerprint density at radius 1 is 0.971 bits per heavy atom. The summed E-state index contributed by atoms with van der Waals surface area (Å²) in [5.41, 5.74) is 3.94. The second-order valence-electron chi connectivity index (χ2n) is 8.52. The van der Waals surface area contributed by atoms with Gasteiger partial charge in [0.05, 0.1) is 30.8 Å². The molecule has 0 radical (unpaired) electrons. The highest BCUT2D eigenvalue weighted by molar-refractivity contribution is 6.31. The molecule has 2 aromatic heterocycles. The quantitative estimate of drug-likeness (QED) is 0.295. The van der Waals surface area contributed by atoms with E-state index < -0.39 is 5.60 Å². The smallest absolute Gasteiger partial charge is 0.214 e. The van der Waals surface area contributed by atoms with Crippen LogP contribution in [0.3, 0.4) is 0 Å². The fourth-order valence-electron chi connectivity index (χ4n) is 4.46. The minimum Gasteiger partial charge on any atom is -0.481 e. The summed E-state index contributed by atoms with van der Waals surface area (Å²) >= 11 is 12.6. The van der Waals surface area contributed by atoms with Crippen LogP contribution in [0.2, 0.25) is 10.0 Å². The van der Waals surface area contributed by atoms with Crippen molar-refractivity contribution in [2.24, 2.45) is 7.05 Å². The largest absolute Gasteiger partial charge is 0.481 e. The zero-order valence-electron chi connectivity index (χ0n) is 19.5. The average Bonchev–Trinajstić information content (AvgIpc) is 3.30. The maximum absolute atomic E-state index is 12.4. The number of nitrogens with zero attached hydrogens (tertiary/aromatic N) is 3. The van der Waals surface area contributed by atoms with Gasteiger partial charge >= 0.3 is 0 Å². The number of rotatable bonds is 5. The molecule has 0 fully saturated rings. The van der Waals surface area contributed by atoms with Crippen LogP contribution in [0.15, 0.2) is 79.3 Å². The van der Waals surface area contributed by atoms with Crippen molar-refractivity contribution in [3.63, 3.8) is 0 Å². The number of aryl methyl sites for hydroxylation is 2. The van der Waals surface area contributed by atoms with E-state index >= 15 is 0 Å². The average molecular weight is 504 g/mol. The van der Waals surface area contributed by atoms with E-state index in [9.17, 15) is 5.11 Å². The summed E-state index contributed by atoms with van der Waals surface area (Å²) in [7, 11) is 3.45. The lowest BCUT2D eigenvalue weighted by Gasteiger charge is -2.30. The third-order valence-electron chi connectivity index (χ3n) is 6.31. The Morgan fingerprint density at radius 2 is 1.74 bits per heavy atom. The number of imidazole rings is 1. The Balaban J connectivity index is 1.81. The van der Waals surface area contributed by atoms with Crippen molar-refractivity contribution in [1.82, 2.24) is 14.5 Å². The van der Waals surface area contributed by atoms with Crippen LogP contribution in [-0.2, 0) is 12.6 Å². The van der Waals surface area contributed by atoms with Gasteiger partial charge in [-0.25, -0.2) is 9.97 Å². The molecule has 176 valence electrons. The highest BCUT2D eigenvalue weighted by Gasteiger charge is 2.37. The fraction of sp³-hybridized carbons (Fsp3) is 0.143. The third-order valence-corrected chi connectivity index (χ3v) is 6.97. The highest BCUT2D eigenvalue weighted by Crippen LogP contribution is 2.40. The number of aliphatic hydroxyl groups is 1. The van der Waals surface area contributed by atoms with E-state index in [0.29, 0.717) is 32.7 Å². The van der Waals surface area contributed by atoms with Crippen molar-refractivity contribution < 1.29 is 9.84 Å². The van der Waals surface area contributed by atoms with Crippen LogP contribution in [0, 0.1) is 6.92 Å². The van der Waals surface area contributed by atoms with E-state index in [1.165, 1.54) is 0 Å². The van der Waals surface area contributed by atoms with E-state index in [4.69, 9.17) is 27.9 Å². The number of halogens is 2. The number of benzene rings is 3. The molecule has 3 aromatic carbocycles. The third kappa shape index (κ3) is 4.06. The van der Waals surface area contributed by atoms with Gasteiger partial charge in [-0.05, 0) is 65.1 Å². The van der Waals surface area contributed by atoms with Gasteiger partial charge in [0.15, 0.2) is 5.60 Å². The van der Waals surface area contributed by atoms with Crippen LogP contribution >= 0.6 is 23.2 Å². The molecule has 5 nitrogen and oxygen atoms in total. The van der Waals surface area contributed by atoms with Crippen LogP contribution < -0.4 is 4.74 Å². The van der Waals surface area contributed by atoms with Gasteiger partial charge in [-0.3, -0.25) is 0 Å². The molecular formula is C28H23Cl2N3O2. The molecule has 0 spiro atoms. The van der Waals surface area contributed by atoms with E-state index in [0.717, 1.165) is 27.6 Å². The Morgan fingerprint density at radius 3 is 2.43 bits per heavy atom. The van der Waals surface area contributed by atoms with Crippen LogP contribution in [0.1, 0.15) is 22.4 Å². The molecule has 7 heteroatoms. The minimum absolute atomic E-state index is 0.496. The molecule has 1 N–H and O–H groups in total. The second kappa shape index (κ2) is 9.00. The first-order valence-corrected chi connectivity index (χ1v) is 11.8. The zero-order chi connectivity index (χ0) is 24.7. The molecule has 0 aliphatic heterocycles. The molecule has 5 aromatic rings. The second-order valence-corrected chi connectivity index (χ2v) is 9.36. The number of ether oxygens (including phenoxy) is 1. The molecule has 1 atom stereocenters. The van der Waals surface area contributed by atoms with Gasteiger partial charge in [0, 0.05) is 28.5 Å². The summed E-state index contributed by atoms with van der Waals surface area (Å²) in [6.45, 7) is 1.92. The standard InChI is InChI=1S/C28H23Cl2N3O2/c1-17-11-19(7-9-24(17)30)28(34,26-15-31-16-33(26)2)20-8-10-25-23(13-20)22(14-27(32-25)35-3)18-5-4-6-21(29)12-18/h4-16,34H,1-3H3. The number of methoxy groups -OCH3 is 1. The van der Waals surface area contributed by atoms with Gasteiger partial charge in [-0.15, -0.1) is 0 Å². The maximum atomic E-state index is 12.4. The topological polar surface area (TPSA) is 60.2 Å². The summed E-state index contributed by atoms with van der Waals surface area (Å²) in [5, 5.41) is 14.5. The lowest BCUT2D eigenvalue weighted by molar-refractivity contribution is 0.117. The van der Waals surface area contributed by atoms with Crippen molar-refractivity contribution in [1.29, 1.82) is 0 Å². The number of pyridine rings is 1. The predicted octanol–water partition coefficient (Wildman–Crippen LogP) is 6.54. The van der Waals surface area contributed by atoms with Crippen LogP contribution in [0.25, 0.3) is 22.0 Å². The number of hydrogen-bond donors (Lipinski definition) is 1. The van der Waals surface area contributed by atoms with E-state index in [-0.39, 0.29) is 0 Å². The van der Waals surface area contributed by atoms with Gasteiger partial charge in [-0.1, -0.05) is 53.5 Å². The predicted molar refractivity (Wildman–Crippen MR) is 140 cm³/mol. The first kappa shape index (κ1) is 23.4. The van der Waals surface area contributed by atoms with E-state index in [1.54, 1.807) is 25.7 Å². The molecule has 0 aliphatic carbocycles. The van der Waals surface area contributed by atoms with Crippen molar-refractivity contribution >= 4 is 34.1 Å². The van der Waals surface area contributed by atoms with Crippen molar-refractivity contribution in [2.75, 3.05) is 7.11 Å². The first-order chi connectivity index (χ1) is 16.8. The summed E-state index contributed by atoms with van der Waals surface area (Å²) in [5.74, 6) is 0.496. The zero-order valence-corrected chi connectivity index (χ0v) is 21.0. The lowest BCUT2D eigenvalue weighted by atomic mass is 9.82. The van der Waals surface area contributed by atoms with Gasteiger partial charge < -0.3 is 14.4 Å². The van der Waals surface area contributed by atoms with Crippen LogP contribution in [-0.4, -0.2) is 26.8 Å². The van der Waals surface area contributed by atoms with E-state index in [2.05, 4.69) is 9.97 Å². The monoisotopic (exact) mass is 503 g/mol.